The molecule has 0 bridgehead atoms. The Labute approximate surface area is 126 Å². The van der Waals surface area contributed by atoms with E-state index in [4.69, 9.17) is 5.84 Å². The summed E-state index contributed by atoms with van der Waals surface area (Å²) in [6, 6.07) is 10.8. The number of nitrogens with two attached hydrogens (primary N) is 1. The number of hydrogen-bond donors (Lipinski definition) is 2. The van der Waals surface area contributed by atoms with E-state index in [0.29, 0.717) is 5.92 Å². The minimum atomic E-state index is -0.000370. The van der Waals surface area contributed by atoms with Crippen LogP contribution in [0.5, 0.6) is 0 Å². The quantitative estimate of drug-likeness (QED) is 0.655. The Kier molecular flexibility index (Phi) is 4.08. The van der Waals surface area contributed by atoms with Gasteiger partial charge in [-0.15, -0.1) is 0 Å². The van der Waals surface area contributed by atoms with Gasteiger partial charge >= 0.3 is 0 Å². The first kappa shape index (κ1) is 14.3. The lowest BCUT2D eigenvalue weighted by molar-refractivity contribution is 0.413. The van der Waals surface area contributed by atoms with Crippen LogP contribution in [-0.2, 0) is 13.5 Å². The molecule has 2 aromatic rings. The average Bonchev–Trinajstić information content (AvgIpc) is 2.81. The topological polar surface area (TPSA) is 55.9 Å². The van der Waals surface area contributed by atoms with Crippen molar-refractivity contribution in [2.45, 2.75) is 44.6 Å². The zero-order valence-corrected chi connectivity index (χ0v) is 12.8. The molecule has 0 spiro atoms. The molecule has 1 saturated carbocycles. The van der Waals surface area contributed by atoms with E-state index in [-0.39, 0.29) is 6.04 Å². The van der Waals surface area contributed by atoms with Gasteiger partial charge in [0.25, 0.3) is 0 Å². The summed E-state index contributed by atoms with van der Waals surface area (Å²) in [6.45, 7) is 2.12. The molecule has 1 heterocycles. The van der Waals surface area contributed by atoms with Crippen LogP contribution >= 0.6 is 0 Å². The zero-order chi connectivity index (χ0) is 14.8. The molecule has 4 heteroatoms. The number of hydrazine groups is 1. The fourth-order valence-corrected chi connectivity index (χ4v) is 3.19. The molecule has 0 aliphatic heterocycles. The molecule has 1 unspecified atom stereocenters. The number of rotatable bonds is 5. The second kappa shape index (κ2) is 6.00. The predicted octanol–water partition coefficient (Wildman–Crippen LogP) is 2.80. The van der Waals surface area contributed by atoms with Crippen LogP contribution < -0.4 is 11.3 Å². The number of nitrogens with one attached hydrogen (secondary N) is 1. The molecule has 0 saturated heterocycles. The Morgan fingerprint density at radius 3 is 2.71 bits per heavy atom. The third-order valence-corrected chi connectivity index (χ3v) is 4.64. The van der Waals surface area contributed by atoms with E-state index in [2.05, 4.69) is 47.8 Å². The number of aromatic nitrogens is 2. The summed E-state index contributed by atoms with van der Waals surface area (Å²) in [7, 11) is 1.99. The van der Waals surface area contributed by atoms with E-state index in [9.17, 15) is 0 Å². The van der Waals surface area contributed by atoms with Crippen molar-refractivity contribution in [3.05, 3.63) is 52.8 Å². The van der Waals surface area contributed by atoms with Gasteiger partial charge in [-0.2, -0.15) is 5.10 Å². The number of benzene rings is 1. The Balaban J connectivity index is 2.01. The van der Waals surface area contributed by atoms with E-state index >= 15 is 0 Å². The van der Waals surface area contributed by atoms with Crippen molar-refractivity contribution < 1.29 is 0 Å². The van der Waals surface area contributed by atoms with Gasteiger partial charge in [0.1, 0.15) is 0 Å². The molecule has 1 aromatic carbocycles. The van der Waals surface area contributed by atoms with Crippen LogP contribution in [-0.4, -0.2) is 9.78 Å². The number of aryl methyl sites for hydroxylation is 2. The summed E-state index contributed by atoms with van der Waals surface area (Å²) in [4.78, 5) is 0. The van der Waals surface area contributed by atoms with Gasteiger partial charge in [-0.1, -0.05) is 37.6 Å². The summed E-state index contributed by atoms with van der Waals surface area (Å²) >= 11 is 0. The van der Waals surface area contributed by atoms with Crippen LogP contribution in [0.1, 0.15) is 60.7 Å². The molecule has 0 amide bonds. The van der Waals surface area contributed by atoms with Crippen molar-refractivity contribution in [2.24, 2.45) is 12.9 Å². The summed E-state index contributed by atoms with van der Waals surface area (Å²) in [6.07, 6.45) is 4.86. The fraction of sp³-hybridized carbons (Fsp3) is 0.471. The van der Waals surface area contributed by atoms with Crippen molar-refractivity contribution in [1.82, 2.24) is 15.2 Å². The van der Waals surface area contributed by atoms with Gasteiger partial charge in [0.05, 0.1) is 17.4 Å². The highest BCUT2D eigenvalue weighted by atomic mass is 15.3. The Morgan fingerprint density at radius 2 is 2.14 bits per heavy atom. The highest BCUT2D eigenvalue weighted by Gasteiger charge is 2.26. The Hall–Kier alpha value is -1.65. The largest absolute Gasteiger partial charge is 0.271 e. The molecule has 4 nitrogen and oxygen atoms in total. The summed E-state index contributed by atoms with van der Waals surface area (Å²) in [5, 5.41) is 4.55. The normalized spacial score (nSPS) is 16.7. The number of hydrogen-bond acceptors (Lipinski definition) is 3. The van der Waals surface area contributed by atoms with Gasteiger partial charge in [0.2, 0.25) is 0 Å². The Morgan fingerprint density at radius 1 is 1.38 bits per heavy atom. The maximum atomic E-state index is 5.89. The molecule has 112 valence electrons. The molecular formula is C17H24N4. The van der Waals surface area contributed by atoms with Gasteiger partial charge in [-0.05, 0) is 42.4 Å². The lowest BCUT2D eigenvalue weighted by Crippen LogP contribution is -2.31. The number of nitrogens with zero attached hydrogens (tertiary/aromatic N) is 2. The van der Waals surface area contributed by atoms with Crippen molar-refractivity contribution in [3.63, 3.8) is 0 Å². The van der Waals surface area contributed by atoms with Gasteiger partial charge in [-0.3, -0.25) is 10.5 Å². The Bertz CT molecular complexity index is 613. The molecule has 1 aliphatic rings. The smallest absolute Gasteiger partial charge is 0.0881 e. The van der Waals surface area contributed by atoms with Gasteiger partial charge in [0.15, 0.2) is 0 Å². The highest BCUT2D eigenvalue weighted by Crippen LogP contribution is 2.40. The van der Waals surface area contributed by atoms with Crippen molar-refractivity contribution >= 4 is 0 Å². The molecule has 3 N–H and O–H groups in total. The SMILES string of the molecule is CCc1cc(C(NN)c2ccccc2C2CCC2)n(C)n1. The van der Waals surface area contributed by atoms with Crippen molar-refractivity contribution in [2.75, 3.05) is 0 Å². The molecule has 0 radical (unpaired) electrons. The van der Waals surface area contributed by atoms with E-state index < -0.39 is 0 Å². The molecule has 1 atom stereocenters. The fourth-order valence-electron chi connectivity index (χ4n) is 3.19. The van der Waals surface area contributed by atoms with Crippen LogP contribution in [0.4, 0.5) is 0 Å². The van der Waals surface area contributed by atoms with Gasteiger partial charge < -0.3 is 0 Å². The first-order valence-electron chi connectivity index (χ1n) is 7.82. The molecule has 3 rings (SSSR count). The van der Waals surface area contributed by atoms with Crippen LogP contribution in [0.3, 0.4) is 0 Å². The summed E-state index contributed by atoms with van der Waals surface area (Å²) < 4.78 is 1.95. The van der Waals surface area contributed by atoms with Crippen LogP contribution in [0.2, 0.25) is 0 Å². The van der Waals surface area contributed by atoms with Gasteiger partial charge in [0, 0.05) is 7.05 Å². The molecule has 1 fully saturated rings. The molecule has 1 aromatic heterocycles. The van der Waals surface area contributed by atoms with E-state index in [1.807, 2.05) is 11.7 Å². The summed E-state index contributed by atoms with van der Waals surface area (Å²) in [5.41, 5.74) is 7.95. The lowest BCUT2D eigenvalue weighted by Gasteiger charge is -2.30. The third-order valence-electron chi connectivity index (χ3n) is 4.64. The second-order valence-corrected chi connectivity index (χ2v) is 5.89. The highest BCUT2D eigenvalue weighted by molar-refractivity contribution is 5.38. The maximum Gasteiger partial charge on any atom is 0.0881 e. The van der Waals surface area contributed by atoms with Crippen LogP contribution in [0, 0.1) is 0 Å². The standard InChI is InChI=1S/C17H24N4/c1-3-13-11-16(21(2)20-13)17(19-18)15-10-5-4-9-14(15)12-7-6-8-12/h4-5,9-12,17,19H,3,6-8,18H2,1-2H3. The van der Waals surface area contributed by atoms with Crippen molar-refractivity contribution in [1.29, 1.82) is 0 Å². The average molecular weight is 284 g/mol. The van der Waals surface area contributed by atoms with Crippen molar-refractivity contribution in [3.8, 4) is 0 Å². The van der Waals surface area contributed by atoms with Crippen LogP contribution in [0.25, 0.3) is 0 Å². The summed E-state index contributed by atoms with van der Waals surface area (Å²) in [5.74, 6) is 6.58. The van der Waals surface area contributed by atoms with E-state index in [1.54, 1.807) is 0 Å². The first-order valence-corrected chi connectivity index (χ1v) is 7.82. The van der Waals surface area contributed by atoms with Gasteiger partial charge in [-0.25, -0.2) is 5.43 Å². The lowest BCUT2D eigenvalue weighted by atomic mass is 9.77. The van der Waals surface area contributed by atoms with E-state index in [1.165, 1.54) is 30.4 Å². The molecule has 1 aliphatic carbocycles. The molecular weight excluding hydrogens is 260 g/mol. The minimum absolute atomic E-state index is 0.000370. The maximum absolute atomic E-state index is 5.89. The first-order chi connectivity index (χ1) is 10.2. The zero-order valence-electron chi connectivity index (χ0n) is 12.8. The third kappa shape index (κ3) is 2.61. The molecule has 21 heavy (non-hydrogen) atoms. The minimum Gasteiger partial charge on any atom is -0.271 e. The monoisotopic (exact) mass is 284 g/mol. The predicted molar refractivity (Wildman–Crippen MR) is 84.8 cm³/mol. The second-order valence-electron chi connectivity index (χ2n) is 5.89. The van der Waals surface area contributed by atoms with Crippen LogP contribution in [0.15, 0.2) is 30.3 Å². The van der Waals surface area contributed by atoms with E-state index in [0.717, 1.165) is 17.8 Å².